The van der Waals surface area contributed by atoms with Gasteiger partial charge in [-0.15, -0.1) is 0 Å². The van der Waals surface area contributed by atoms with Crippen LogP contribution in [0.25, 0.3) is 0 Å². The van der Waals surface area contributed by atoms with Crippen LogP contribution in [0.5, 0.6) is 0 Å². The Balaban J connectivity index is 1.94. The highest BCUT2D eigenvalue weighted by atomic mass is 14.7. The monoisotopic (exact) mass is 273 g/mol. The van der Waals surface area contributed by atoms with E-state index >= 15 is 0 Å². The first-order valence-corrected chi connectivity index (χ1v) is 8.59. The molecule has 2 N–H and O–H groups in total. The van der Waals surface area contributed by atoms with Crippen LogP contribution in [-0.4, -0.2) is 0 Å². The third-order valence-corrected chi connectivity index (χ3v) is 4.97. The number of hydrogen-bond acceptors (Lipinski definition) is 1. The molecule has 1 atom stereocenters. The van der Waals surface area contributed by atoms with Crippen molar-refractivity contribution in [3.05, 3.63) is 35.4 Å². The summed E-state index contributed by atoms with van der Waals surface area (Å²) in [5, 5.41) is 0. The Bertz CT molecular complexity index is 391. The zero-order valence-corrected chi connectivity index (χ0v) is 13.3. The molecular formula is C19H31N. The molecule has 1 fully saturated rings. The molecule has 0 heterocycles. The molecule has 1 nitrogen and oxygen atoms in total. The molecule has 0 aromatic heterocycles. The highest BCUT2D eigenvalue weighted by Gasteiger charge is 2.26. The topological polar surface area (TPSA) is 26.0 Å². The molecule has 0 saturated heterocycles. The SMILES string of the molecule is CCCc1cccc(C(N)C2CCC(CCC)CC2)c1. The van der Waals surface area contributed by atoms with Crippen LogP contribution >= 0.6 is 0 Å². The van der Waals surface area contributed by atoms with Gasteiger partial charge in [0.1, 0.15) is 0 Å². The normalized spacial score (nSPS) is 24.6. The fourth-order valence-electron chi connectivity index (χ4n) is 3.76. The molecule has 1 aromatic rings. The molecular weight excluding hydrogens is 242 g/mol. The molecule has 112 valence electrons. The highest BCUT2D eigenvalue weighted by Crippen LogP contribution is 2.37. The van der Waals surface area contributed by atoms with Gasteiger partial charge in [-0.05, 0) is 42.2 Å². The molecule has 0 spiro atoms. The fourth-order valence-corrected chi connectivity index (χ4v) is 3.76. The minimum absolute atomic E-state index is 0.245. The van der Waals surface area contributed by atoms with Crippen LogP contribution in [0.15, 0.2) is 24.3 Å². The van der Waals surface area contributed by atoms with Gasteiger partial charge in [-0.2, -0.15) is 0 Å². The highest BCUT2D eigenvalue weighted by molar-refractivity contribution is 5.26. The molecule has 1 unspecified atom stereocenters. The van der Waals surface area contributed by atoms with Crippen molar-refractivity contribution in [1.82, 2.24) is 0 Å². The van der Waals surface area contributed by atoms with Crippen LogP contribution in [0.1, 0.15) is 76.0 Å². The first-order chi connectivity index (χ1) is 9.74. The predicted octanol–water partition coefficient (Wildman–Crippen LogP) is 5.25. The van der Waals surface area contributed by atoms with E-state index < -0.39 is 0 Å². The predicted molar refractivity (Wildman–Crippen MR) is 87.7 cm³/mol. The Labute approximate surface area is 125 Å². The first kappa shape index (κ1) is 15.6. The second kappa shape index (κ2) is 7.83. The lowest BCUT2D eigenvalue weighted by atomic mass is 9.75. The summed E-state index contributed by atoms with van der Waals surface area (Å²) >= 11 is 0. The zero-order valence-electron chi connectivity index (χ0n) is 13.3. The minimum atomic E-state index is 0.245. The maximum absolute atomic E-state index is 6.55. The molecule has 20 heavy (non-hydrogen) atoms. The summed E-state index contributed by atoms with van der Waals surface area (Å²) in [5.74, 6) is 1.66. The number of aryl methyl sites for hydroxylation is 1. The lowest BCUT2D eigenvalue weighted by molar-refractivity contribution is 0.234. The molecule has 0 amide bonds. The van der Waals surface area contributed by atoms with Crippen LogP contribution in [0, 0.1) is 11.8 Å². The van der Waals surface area contributed by atoms with E-state index in [2.05, 4.69) is 38.1 Å². The van der Waals surface area contributed by atoms with Gasteiger partial charge in [0.05, 0.1) is 0 Å². The van der Waals surface area contributed by atoms with Crippen molar-refractivity contribution in [1.29, 1.82) is 0 Å². The Kier molecular flexibility index (Phi) is 6.09. The molecule has 1 saturated carbocycles. The molecule has 0 bridgehead atoms. The maximum Gasteiger partial charge on any atom is 0.0323 e. The third kappa shape index (κ3) is 4.09. The van der Waals surface area contributed by atoms with Crippen LogP contribution in [0.2, 0.25) is 0 Å². The lowest BCUT2D eigenvalue weighted by Gasteiger charge is -2.32. The summed E-state index contributed by atoms with van der Waals surface area (Å²) in [6, 6.07) is 9.23. The average Bonchev–Trinajstić information content (AvgIpc) is 2.48. The van der Waals surface area contributed by atoms with E-state index in [1.807, 2.05) is 0 Å². The van der Waals surface area contributed by atoms with E-state index in [9.17, 15) is 0 Å². The van der Waals surface area contributed by atoms with Crippen molar-refractivity contribution >= 4 is 0 Å². The summed E-state index contributed by atoms with van der Waals surface area (Å²) in [6.45, 7) is 4.54. The van der Waals surface area contributed by atoms with Crippen molar-refractivity contribution in [2.45, 2.75) is 71.3 Å². The Hall–Kier alpha value is -0.820. The third-order valence-electron chi connectivity index (χ3n) is 4.97. The quantitative estimate of drug-likeness (QED) is 0.753. The van der Waals surface area contributed by atoms with Gasteiger partial charge in [-0.1, -0.05) is 70.2 Å². The van der Waals surface area contributed by atoms with Crippen molar-refractivity contribution in [3.63, 3.8) is 0 Å². The lowest BCUT2D eigenvalue weighted by Crippen LogP contribution is -2.26. The standard InChI is InChI=1S/C19H31N/c1-3-6-15-10-12-17(13-11-15)19(20)18-9-5-8-16(14-18)7-4-2/h5,8-9,14-15,17,19H,3-4,6-7,10-13,20H2,1-2H3. The summed E-state index contributed by atoms with van der Waals surface area (Å²) in [5.41, 5.74) is 9.36. The summed E-state index contributed by atoms with van der Waals surface area (Å²) in [7, 11) is 0. The van der Waals surface area contributed by atoms with Crippen LogP contribution in [0.3, 0.4) is 0 Å². The first-order valence-electron chi connectivity index (χ1n) is 8.59. The molecule has 0 aliphatic heterocycles. The van der Waals surface area contributed by atoms with Gasteiger partial charge in [0.2, 0.25) is 0 Å². The Morgan fingerprint density at radius 3 is 2.50 bits per heavy atom. The molecule has 0 radical (unpaired) electrons. The van der Waals surface area contributed by atoms with Gasteiger partial charge < -0.3 is 5.73 Å². The molecule has 1 heteroatoms. The second-order valence-electron chi connectivity index (χ2n) is 6.59. The number of rotatable bonds is 6. The molecule has 1 aromatic carbocycles. The number of nitrogens with two attached hydrogens (primary N) is 1. The number of benzene rings is 1. The van der Waals surface area contributed by atoms with E-state index in [-0.39, 0.29) is 6.04 Å². The fraction of sp³-hybridized carbons (Fsp3) is 0.684. The van der Waals surface area contributed by atoms with Gasteiger partial charge in [-0.3, -0.25) is 0 Å². The van der Waals surface area contributed by atoms with E-state index in [1.165, 1.54) is 62.5 Å². The molecule has 1 aliphatic carbocycles. The Morgan fingerprint density at radius 1 is 1.10 bits per heavy atom. The van der Waals surface area contributed by atoms with E-state index in [4.69, 9.17) is 5.73 Å². The van der Waals surface area contributed by atoms with Gasteiger partial charge in [0, 0.05) is 6.04 Å². The van der Waals surface area contributed by atoms with Crippen molar-refractivity contribution in [2.75, 3.05) is 0 Å². The maximum atomic E-state index is 6.55. The van der Waals surface area contributed by atoms with Crippen molar-refractivity contribution in [3.8, 4) is 0 Å². The van der Waals surface area contributed by atoms with Gasteiger partial charge in [0.15, 0.2) is 0 Å². The van der Waals surface area contributed by atoms with Crippen LogP contribution in [0.4, 0.5) is 0 Å². The van der Waals surface area contributed by atoms with E-state index in [0.717, 1.165) is 5.92 Å². The molecule has 1 aliphatic rings. The minimum Gasteiger partial charge on any atom is -0.324 e. The number of hydrogen-bond donors (Lipinski definition) is 1. The van der Waals surface area contributed by atoms with E-state index in [0.29, 0.717) is 5.92 Å². The van der Waals surface area contributed by atoms with Crippen LogP contribution in [-0.2, 0) is 6.42 Å². The van der Waals surface area contributed by atoms with Crippen molar-refractivity contribution in [2.24, 2.45) is 17.6 Å². The van der Waals surface area contributed by atoms with Crippen molar-refractivity contribution < 1.29 is 0 Å². The smallest absolute Gasteiger partial charge is 0.0323 e. The summed E-state index contributed by atoms with van der Waals surface area (Å²) in [4.78, 5) is 0. The average molecular weight is 273 g/mol. The van der Waals surface area contributed by atoms with Gasteiger partial charge >= 0.3 is 0 Å². The van der Waals surface area contributed by atoms with Gasteiger partial charge in [-0.25, -0.2) is 0 Å². The van der Waals surface area contributed by atoms with Crippen LogP contribution < -0.4 is 5.73 Å². The Morgan fingerprint density at radius 2 is 1.85 bits per heavy atom. The second-order valence-corrected chi connectivity index (χ2v) is 6.59. The largest absolute Gasteiger partial charge is 0.324 e. The summed E-state index contributed by atoms with van der Waals surface area (Å²) in [6.07, 6.45) is 10.6. The van der Waals surface area contributed by atoms with Gasteiger partial charge in [0.25, 0.3) is 0 Å². The summed E-state index contributed by atoms with van der Waals surface area (Å²) < 4.78 is 0. The van der Waals surface area contributed by atoms with E-state index in [1.54, 1.807) is 0 Å². The zero-order chi connectivity index (χ0) is 14.4. The molecule has 2 rings (SSSR count).